The van der Waals surface area contributed by atoms with Crippen LogP contribution in [-0.2, 0) is 14.8 Å². The van der Waals surface area contributed by atoms with Crippen LogP contribution < -0.4 is 0 Å². The van der Waals surface area contributed by atoms with Crippen molar-refractivity contribution in [2.45, 2.75) is 30.7 Å². The van der Waals surface area contributed by atoms with Crippen molar-refractivity contribution < 1.29 is 23.4 Å². The molecule has 1 aliphatic heterocycles. The summed E-state index contributed by atoms with van der Waals surface area (Å²) in [5, 5.41) is 25.3. The lowest BCUT2D eigenvalue weighted by Crippen LogP contribution is -2.44. The molecule has 0 aromatic rings. The van der Waals surface area contributed by atoms with E-state index in [0.717, 1.165) is 0 Å². The van der Waals surface area contributed by atoms with Crippen molar-refractivity contribution in [3.63, 3.8) is 0 Å². The molecule has 0 amide bonds. The van der Waals surface area contributed by atoms with Gasteiger partial charge in [-0.3, -0.25) is 4.79 Å². The van der Waals surface area contributed by atoms with Gasteiger partial charge in [0.2, 0.25) is 10.0 Å². The minimum Gasteiger partial charge on any atom is -0.480 e. The van der Waals surface area contributed by atoms with Crippen molar-refractivity contribution >= 4 is 16.0 Å². The highest BCUT2D eigenvalue weighted by molar-refractivity contribution is 7.90. The van der Waals surface area contributed by atoms with Crippen LogP contribution in [0.1, 0.15) is 13.3 Å². The Balaban J connectivity index is 3.04. The number of aliphatic hydroxyl groups excluding tert-OH is 1. The summed E-state index contributed by atoms with van der Waals surface area (Å²) in [5.74, 6) is -1.31. The first-order chi connectivity index (χ1) is 7.30. The highest BCUT2D eigenvalue weighted by Crippen LogP contribution is 2.24. The van der Waals surface area contributed by atoms with Crippen LogP contribution in [-0.4, -0.2) is 52.8 Å². The molecule has 0 aromatic heterocycles. The maximum Gasteiger partial charge on any atom is 0.322 e. The van der Waals surface area contributed by atoms with Crippen LogP contribution in [0.5, 0.6) is 0 Å². The Hall–Kier alpha value is -1.17. The van der Waals surface area contributed by atoms with E-state index in [1.165, 1.54) is 6.92 Å². The predicted octanol–water partition coefficient (Wildman–Crippen LogP) is -1.25. The van der Waals surface area contributed by atoms with Crippen LogP contribution in [0.25, 0.3) is 0 Å². The SMILES string of the molecule is CC(C#N)S(=O)(=O)N1C[C@H](O)C[C@H]1C(=O)O. The Bertz CT molecular complexity index is 426. The second-order valence-electron chi connectivity index (χ2n) is 3.63. The Morgan fingerprint density at radius 1 is 1.62 bits per heavy atom. The largest absolute Gasteiger partial charge is 0.480 e. The lowest BCUT2D eigenvalue weighted by atomic mass is 10.2. The van der Waals surface area contributed by atoms with E-state index in [1.807, 2.05) is 0 Å². The molecule has 1 fully saturated rings. The van der Waals surface area contributed by atoms with Gasteiger partial charge in [0.1, 0.15) is 6.04 Å². The average Bonchev–Trinajstić information content (AvgIpc) is 2.59. The summed E-state index contributed by atoms with van der Waals surface area (Å²) in [7, 11) is -3.98. The molecule has 0 aromatic carbocycles. The van der Waals surface area contributed by atoms with E-state index in [-0.39, 0.29) is 13.0 Å². The van der Waals surface area contributed by atoms with Gasteiger partial charge in [0, 0.05) is 13.0 Å². The van der Waals surface area contributed by atoms with E-state index in [0.29, 0.717) is 4.31 Å². The first kappa shape index (κ1) is 12.9. The summed E-state index contributed by atoms with van der Waals surface area (Å²) in [5.41, 5.74) is 0. The van der Waals surface area contributed by atoms with Crippen LogP contribution in [0.3, 0.4) is 0 Å². The van der Waals surface area contributed by atoms with Crippen molar-refractivity contribution in [2.24, 2.45) is 0 Å². The number of aliphatic hydroxyl groups is 1. The maximum atomic E-state index is 11.8. The van der Waals surface area contributed by atoms with Gasteiger partial charge in [0.25, 0.3) is 0 Å². The molecule has 1 rings (SSSR count). The first-order valence-electron chi connectivity index (χ1n) is 4.62. The zero-order valence-corrected chi connectivity index (χ0v) is 9.38. The minimum absolute atomic E-state index is 0.146. The topological polar surface area (TPSA) is 119 Å². The number of nitriles is 1. The Kier molecular flexibility index (Phi) is 3.52. The molecule has 1 aliphatic rings. The molecule has 7 nitrogen and oxygen atoms in total. The molecular weight excluding hydrogens is 236 g/mol. The highest BCUT2D eigenvalue weighted by Gasteiger charge is 2.44. The molecule has 8 heteroatoms. The van der Waals surface area contributed by atoms with E-state index in [4.69, 9.17) is 10.4 Å². The third-order valence-electron chi connectivity index (χ3n) is 2.47. The van der Waals surface area contributed by atoms with E-state index >= 15 is 0 Å². The lowest BCUT2D eigenvalue weighted by molar-refractivity contribution is -0.140. The summed E-state index contributed by atoms with van der Waals surface area (Å²) in [6.45, 7) is 0.907. The number of rotatable bonds is 3. The van der Waals surface area contributed by atoms with Gasteiger partial charge in [-0.15, -0.1) is 0 Å². The van der Waals surface area contributed by atoms with Crippen molar-refractivity contribution in [1.29, 1.82) is 5.26 Å². The molecule has 2 N–H and O–H groups in total. The molecule has 3 atom stereocenters. The van der Waals surface area contributed by atoms with Crippen molar-refractivity contribution in [3.8, 4) is 6.07 Å². The molecule has 1 unspecified atom stereocenters. The minimum atomic E-state index is -3.98. The van der Waals surface area contributed by atoms with Gasteiger partial charge in [0.15, 0.2) is 5.25 Å². The predicted molar refractivity (Wildman–Crippen MR) is 52.7 cm³/mol. The molecule has 0 spiro atoms. The van der Waals surface area contributed by atoms with Crippen molar-refractivity contribution in [2.75, 3.05) is 6.54 Å². The van der Waals surface area contributed by atoms with Crippen LogP contribution in [0.4, 0.5) is 0 Å². The van der Waals surface area contributed by atoms with Gasteiger partial charge in [-0.25, -0.2) is 8.42 Å². The summed E-state index contributed by atoms with van der Waals surface area (Å²) < 4.78 is 24.2. The Morgan fingerprint density at radius 2 is 2.19 bits per heavy atom. The second kappa shape index (κ2) is 4.37. The molecule has 1 heterocycles. The number of aliphatic carboxylic acids is 1. The van der Waals surface area contributed by atoms with Gasteiger partial charge >= 0.3 is 5.97 Å². The number of carboxylic acids is 1. The molecule has 0 bridgehead atoms. The van der Waals surface area contributed by atoms with E-state index in [1.54, 1.807) is 6.07 Å². The molecule has 0 radical (unpaired) electrons. The third kappa shape index (κ3) is 2.16. The number of hydrogen-bond donors (Lipinski definition) is 2. The van der Waals surface area contributed by atoms with Gasteiger partial charge < -0.3 is 10.2 Å². The molecule has 0 saturated carbocycles. The number of carbonyl (C=O) groups is 1. The Labute approximate surface area is 93.0 Å². The average molecular weight is 248 g/mol. The summed E-state index contributed by atoms with van der Waals surface area (Å²) in [6, 6.07) is 0.271. The van der Waals surface area contributed by atoms with Crippen LogP contribution in [0, 0.1) is 11.3 Å². The fourth-order valence-corrected chi connectivity index (χ4v) is 3.01. The number of β-amino-alcohol motifs (C(OH)–C–C–N with tert-alkyl or cyclic N) is 1. The fourth-order valence-electron chi connectivity index (χ4n) is 1.56. The summed E-state index contributed by atoms with van der Waals surface area (Å²) in [6.07, 6.45) is -1.14. The standard InChI is InChI=1S/C8H12N2O5S/c1-5(3-9)16(14,15)10-4-6(11)2-7(10)8(12)13/h5-7,11H,2,4H2,1H3,(H,12,13)/t5?,6-,7+/m1/s1. The smallest absolute Gasteiger partial charge is 0.322 e. The van der Waals surface area contributed by atoms with E-state index in [2.05, 4.69) is 0 Å². The number of nitrogens with zero attached hydrogens (tertiary/aromatic N) is 2. The van der Waals surface area contributed by atoms with Gasteiger partial charge in [-0.1, -0.05) is 0 Å². The van der Waals surface area contributed by atoms with Gasteiger partial charge in [0.05, 0.1) is 12.2 Å². The lowest BCUT2D eigenvalue weighted by Gasteiger charge is -2.21. The quantitative estimate of drug-likeness (QED) is 0.644. The van der Waals surface area contributed by atoms with Crippen LogP contribution in [0.15, 0.2) is 0 Å². The zero-order chi connectivity index (χ0) is 12.5. The van der Waals surface area contributed by atoms with Crippen molar-refractivity contribution in [3.05, 3.63) is 0 Å². The molecule has 16 heavy (non-hydrogen) atoms. The fraction of sp³-hybridized carbons (Fsp3) is 0.750. The normalized spacial score (nSPS) is 28.6. The third-order valence-corrected chi connectivity index (χ3v) is 4.53. The van der Waals surface area contributed by atoms with E-state index < -0.39 is 33.4 Å². The number of hydrogen-bond acceptors (Lipinski definition) is 5. The molecule has 1 saturated heterocycles. The number of sulfonamides is 1. The zero-order valence-electron chi connectivity index (χ0n) is 8.57. The molecule has 90 valence electrons. The summed E-state index contributed by atoms with van der Waals surface area (Å²) >= 11 is 0. The number of carboxylic acid groups (broad SMARTS) is 1. The maximum absolute atomic E-state index is 11.8. The molecule has 0 aliphatic carbocycles. The first-order valence-corrected chi connectivity index (χ1v) is 6.12. The van der Waals surface area contributed by atoms with Crippen molar-refractivity contribution in [1.82, 2.24) is 4.31 Å². The second-order valence-corrected chi connectivity index (χ2v) is 5.84. The van der Waals surface area contributed by atoms with Crippen LogP contribution >= 0.6 is 0 Å². The monoisotopic (exact) mass is 248 g/mol. The Morgan fingerprint density at radius 3 is 2.62 bits per heavy atom. The van der Waals surface area contributed by atoms with E-state index in [9.17, 15) is 18.3 Å². The summed E-state index contributed by atoms with van der Waals surface area (Å²) in [4.78, 5) is 10.8. The van der Waals surface area contributed by atoms with Gasteiger partial charge in [-0.2, -0.15) is 9.57 Å². The molecular formula is C8H12N2O5S. The highest BCUT2D eigenvalue weighted by atomic mass is 32.2. The van der Waals surface area contributed by atoms with Gasteiger partial charge in [-0.05, 0) is 6.92 Å². The van der Waals surface area contributed by atoms with Crippen LogP contribution in [0.2, 0.25) is 0 Å².